The molecule has 0 radical (unpaired) electrons. The zero-order valence-corrected chi connectivity index (χ0v) is 16.2. The van der Waals surface area contributed by atoms with Gasteiger partial charge in [0.2, 0.25) is 11.8 Å². The van der Waals surface area contributed by atoms with Gasteiger partial charge in [-0.2, -0.15) is 5.10 Å². The zero-order chi connectivity index (χ0) is 20.1. The van der Waals surface area contributed by atoms with E-state index < -0.39 is 5.92 Å². The lowest BCUT2D eigenvalue weighted by molar-refractivity contribution is -0.117. The van der Waals surface area contributed by atoms with Gasteiger partial charge in [0, 0.05) is 39.1 Å². The predicted octanol–water partition coefficient (Wildman–Crippen LogP) is 2.59. The second kappa shape index (κ2) is 6.79. The summed E-state index contributed by atoms with van der Waals surface area (Å²) >= 11 is 0. The van der Waals surface area contributed by atoms with E-state index in [-0.39, 0.29) is 30.7 Å². The molecular formula is C19H24F2N6O. The Morgan fingerprint density at radius 2 is 2.04 bits per heavy atom. The Labute approximate surface area is 162 Å². The predicted molar refractivity (Wildman–Crippen MR) is 101 cm³/mol. The molecule has 1 aliphatic carbocycles. The van der Waals surface area contributed by atoms with Gasteiger partial charge in [0.1, 0.15) is 17.6 Å². The number of nitrogens with one attached hydrogen (secondary N) is 1. The van der Waals surface area contributed by atoms with E-state index in [9.17, 15) is 13.6 Å². The normalized spacial score (nSPS) is 21.2. The lowest BCUT2D eigenvalue weighted by Gasteiger charge is -2.34. The topological polar surface area (TPSA) is 75.9 Å². The number of halogens is 2. The van der Waals surface area contributed by atoms with Crippen molar-refractivity contribution in [2.24, 2.45) is 5.92 Å². The standard InChI is InChI=1S/C19H24F2N6O/c1-11-16-17(26(3)12(2)18(28)25-16)24-15(23-11)5-4-13-8-22-27(9-13)10-14-6-19(20,21)7-14/h8-9,12,14H,4-7,10H2,1-3H3,(H,25,28)/t12-/m0/s1. The molecule has 0 bridgehead atoms. The second-order valence-electron chi connectivity index (χ2n) is 7.90. The van der Waals surface area contributed by atoms with E-state index in [1.807, 2.05) is 32.0 Å². The van der Waals surface area contributed by atoms with Crippen LogP contribution in [0, 0.1) is 12.8 Å². The van der Waals surface area contributed by atoms with Crippen molar-refractivity contribution in [3.05, 3.63) is 29.5 Å². The number of aromatic nitrogens is 4. The number of anilines is 2. The smallest absolute Gasteiger partial charge is 0.248 e. The first-order valence-electron chi connectivity index (χ1n) is 9.52. The van der Waals surface area contributed by atoms with Gasteiger partial charge in [-0.25, -0.2) is 18.7 Å². The van der Waals surface area contributed by atoms with Crippen LogP contribution in [-0.2, 0) is 24.2 Å². The molecule has 1 amide bonds. The maximum absolute atomic E-state index is 13.0. The Balaban J connectivity index is 1.41. The molecule has 0 spiro atoms. The van der Waals surface area contributed by atoms with Crippen LogP contribution in [0.4, 0.5) is 20.3 Å². The van der Waals surface area contributed by atoms with Crippen molar-refractivity contribution in [3.63, 3.8) is 0 Å². The molecule has 0 unspecified atom stereocenters. The summed E-state index contributed by atoms with van der Waals surface area (Å²) in [6, 6.07) is -0.285. The Bertz CT molecular complexity index is 904. The summed E-state index contributed by atoms with van der Waals surface area (Å²) in [6.45, 7) is 4.23. The molecule has 1 aliphatic heterocycles. The van der Waals surface area contributed by atoms with Crippen LogP contribution in [0.2, 0.25) is 0 Å². The number of aryl methyl sites for hydroxylation is 3. The van der Waals surface area contributed by atoms with E-state index in [1.165, 1.54) is 0 Å². The van der Waals surface area contributed by atoms with Crippen LogP contribution in [0.1, 0.15) is 36.8 Å². The summed E-state index contributed by atoms with van der Waals surface area (Å²) in [6.07, 6.45) is 4.94. The third kappa shape index (κ3) is 3.57. The molecule has 9 heteroatoms. The molecule has 1 fully saturated rings. The summed E-state index contributed by atoms with van der Waals surface area (Å²) in [5.41, 5.74) is 2.44. The molecule has 0 aromatic carbocycles. The van der Waals surface area contributed by atoms with Crippen molar-refractivity contribution >= 4 is 17.4 Å². The van der Waals surface area contributed by atoms with Gasteiger partial charge in [0.15, 0.2) is 5.82 Å². The van der Waals surface area contributed by atoms with Gasteiger partial charge < -0.3 is 10.2 Å². The minimum atomic E-state index is -2.49. The quantitative estimate of drug-likeness (QED) is 0.849. The first-order chi connectivity index (χ1) is 13.2. The monoisotopic (exact) mass is 390 g/mol. The van der Waals surface area contributed by atoms with Crippen LogP contribution >= 0.6 is 0 Å². The number of fused-ring (bicyclic) bond motifs is 1. The molecule has 2 aliphatic rings. The van der Waals surface area contributed by atoms with Crippen molar-refractivity contribution < 1.29 is 13.6 Å². The van der Waals surface area contributed by atoms with Crippen molar-refractivity contribution in [3.8, 4) is 0 Å². The second-order valence-corrected chi connectivity index (χ2v) is 7.90. The SMILES string of the molecule is Cc1nc(CCc2cnn(CC3CC(F)(F)C3)c2)nc2c1NC(=O)[C@H](C)N2C. The molecule has 3 heterocycles. The number of hydrogen-bond donors (Lipinski definition) is 1. The molecule has 2 aromatic rings. The Morgan fingerprint density at radius 1 is 1.29 bits per heavy atom. The molecule has 1 saturated carbocycles. The maximum Gasteiger partial charge on any atom is 0.248 e. The van der Waals surface area contributed by atoms with Gasteiger partial charge in [0.05, 0.1) is 11.9 Å². The molecule has 1 atom stereocenters. The van der Waals surface area contributed by atoms with Gasteiger partial charge in [-0.1, -0.05) is 0 Å². The van der Waals surface area contributed by atoms with E-state index in [0.717, 1.165) is 17.1 Å². The van der Waals surface area contributed by atoms with Gasteiger partial charge in [-0.05, 0) is 31.7 Å². The highest BCUT2D eigenvalue weighted by atomic mass is 19.3. The van der Waals surface area contributed by atoms with E-state index >= 15 is 0 Å². The summed E-state index contributed by atoms with van der Waals surface area (Å²) < 4.78 is 27.7. The third-order valence-corrected chi connectivity index (χ3v) is 5.60. The van der Waals surface area contributed by atoms with E-state index in [4.69, 9.17) is 0 Å². The number of hydrogen-bond acceptors (Lipinski definition) is 5. The maximum atomic E-state index is 13.0. The number of carbonyl (C=O) groups is 1. The number of rotatable bonds is 5. The Kier molecular flexibility index (Phi) is 4.55. The summed E-state index contributed by atoms with van der Waals surface area (Å²) in [5.74, 6) is -1.12. The van der Waals surface area contributed by atoms with Crippen LogP contribution in [-0.4, -0.2) is 44.7 Å². The highest BCUT2D eigenvalue weighted by Gasteiger charge is 2.45. The fraction of sp³-hybridized carbons (Fsp3) is 0.579. The Morgan fingerprint density at radius 3 is 2.75 bits per heavy atom. The minimum absolute atomic E-state index is 0.00196. The highest BCUT2D eigenvalue weighted by molar-refractivity contribution is 6.02. The number of carbonyl (C=O) groups excluding carboxylic acids is 1. The van der Waals surface area contributed by atoms with Crippen LogP contribution in [0.5, 0.6) is 0 Å². The van der Waals surface area contributed by atoms with Crippen molar-refractivity contribution in [2.45, 2.75) is 58.0 Å². The van der Waals surface area contributed by atoms with Gasteiger partial charge in [0.25, 0.3) is 0 Å². The van der Waals surface area contributed by atoms with E-state index in [1.54, 1.807) is 10.9 Å². The third-order valence-electron chi connectivity index (χ3n) is 5.60. The molecule has 7 nitrogen and oxygen atoms in total. The minimum Gasteiger partial charge on any atom is -0.346 e. The number of likely N-dealkylation sites (N-methyl/N-ethyl adjacent to an activating group) is 1. The molecule has 1 N–H and O–H groups in total. The average Bonchev–Trinajstić information content (AvgIpc) is 3.05. The van der Waals surface area contributed by atoms with Crippen LogP contribution < -0.4 is 10.2 Å². The average molecular weight is 390 g/mol. The zero-order valence-electron chi connectivity index (χ0n) is 16.2. The molecule has 28 heavy (non-hydrogen) atoms. The van der Waals surface area contributed by atoms with Crippen LogP contribution in [0.3, 0.4) is 0 Å². The fourth-order valence-corrected chi connectivity index (χ4v) is 3.78. The van der Waals surface area contributed by atoms with Crippen LogP contribution in [0.15, 0.2) is 12.4 Å². The molecule has 0 saturated heterocycles. The summed E-state index contributed by atoms with van der Waals surface area (Å²) in [7, 11) is 1.85. The largest absolute Gasteiger partial charge is 0.346 e. The first kappa shape index (κ1) is 18.8. The molecule has 4 rings (SSSR count). The van der Waals surface area contributed by atoms with E-state index in [2.05, 4.69) is 20.4 Å². The number of amides is 1. The molecule has 2 aromatic heterocycles. The van der Waals surface area contributed by atoms with Crippen LogP contribution in [0.25, 0.3) is 0 Å². The number of alkyl halides is 2. The van der Waals surface area contributed by atoms with Crippen molar-refractivity contribution in [1.82, 2.24) is 19.7 Å². The van der Waals surface area contributed by atoms with Gasteiger partial charge in [-0.15, -0.1) is 0 Å². The lowest BCUT2D eigenvalue weighted by atomic mass is 9.81. The highest BCUT2D eigenvalue weighted by Crippen LogP contribution is 2.43. The lowest BCUT2D eigenvalue weighted by Crippen LogP contribution is -2.45. The number of nitrogens with zero attached hydrogens (tertiary/aromatic N) is 5. The van der Waals surface area contributed by atoms with Crippen molar-refractivity contribution in [1.29, 1.82) is 0 Å². The van der Waals surface area contributed by atoms with E-state index in [0.29, 0.717) is 30.9 Å². The summed E-state index contributed by atoms with van der Waals surface area (Å²) in [4.78, 5) is 23.0. The van der Waals surface area contributed by atoms with Gasteiger partial charge in [-0.3, -0.25) is 9.48 Å². The van der Waals surface area contributed by atoms with Crippen molar-refractivity contribution in [2.75, 3.05) is 17.3 Å². The first-order valence-corrected chi connectivity index (χ1v) is 9.52. The summed E-state index contributed by atoms with van der Waals surface area (Å²) in [5, 5.41) is 7.17. The fourth-order valence-electron chi connectivity index (χ4n) is 3.78. The van der Waals surface area contributed by atoms with Gasteiger partial charge >= 0.3 is 0 Å². The molecule has 150 valence electrons. The Hall–Kier alpha value is -2.58. The molecular weight excluding hydrogens is 366 g/mol.